The van der Waals surface area contributed by atoms with Crippen molar-refractivity contribution in [2.24, 2.45) is 0 Å². The van der Waals surface area contributed by atoms with Gasteiger partial charge in [-0.15, -0.1) is 0 Å². The third kappa shape index (κ3) is 6.25. The minimum Gasteiger partial charge on any atom is -0.493 e. The molecule has 0 aliphatic heterocycles. The van der Waals surface area contributed by atoms with Crippen molar-refractivity contribution in [1.29, 1.82) is 0 Å². The van der Waals surface area contributed by atoms with Crippen LogP contribution in [0.5, 0.6) is 5.75 Å². The molecule has 0 bridgehead atoms. The summed E-state index contributed by atoms with van der Waals surface area (Å²) in [6, 6.07) is 18.5. The minimum absolute atomic E-state index is 0.0148. The second-order valence-corrected chi connectivity index (χ2v) is 10.1. The van der Waals surface area contributed by atoms with E-state index >= 15 is 0 Å². The number of hydrogen-bond donors (Lipinski definition) is 1. The summed E-state index contributed by atoms with van der Waals surface area (Å²) in [5.41, 5.74) is 2.47. The summed E-state index contributed by atoms with van der Waals surface area (Å²) in [6.07, 6.45) is 0.732. The molecule has 8 heteroatoms. The van der Waals surface area contributed by atoms with E-state index in [1.165, 1.54) is 35.9 Å². The molecule has 0 fully saturated rings. The van der Waals surface area contributed by atoms with Gasteiger partial charge in [0.15, 0.2) is 0 Å². The standard InChI is InChI=1S/C24H23Cl2NO4S/c1-16(2)18-5-3-17(4-6-18)13-14-31-20-8-10-21(11-9-20)32(29,30)27-24(28)22-12-7-19(25)15-23(22)26/h3-12,15-16H,13-14H2,1-2H3,(H,27,28). The van der Waals surface area contributed by atoms with Crippen LogP contribution in [-0.4, -0.2) is 20.9 Å². The van der Waals surface area contributed by atoms with Crippen molar-refractivity contribution in [3.8, 4) is 5.75 Å². The molecule has 1 N–H and O–H groups in total. The number of hydrogen-bond acceptors (Lipinski definition) is 4. The van der Waals surface area contributed by atoms with Gasteiger partial charge < -0.3 is 4.74 Å². The highest BCUT2D eigenvalue weighted by Crippen LogP contribution is 2.22. The lowest BCUT2D eigenvalue weighted by atomic mass is 10.0. The van der Waals surface area contributed by atoms with Gasteiger partial charge in [0.2, 0.25) is 0 Å². The summed E-state index contributed by atoms with van der Waals surface area (Å²) in [5.74, 6) is 0.188. The van der Waals surface area contributed by atoms with E-state index in [0.29, 0.717) is 23.3 Å². The summed E-state index contributed by atoms with van der Waals surface area (Å²) < 4.78 is 32.8. The van der Waals surface area contributed by atoms with Crippen LogP contribution >= 0.6 is 23.2 Å². The van der Waals surface area contributed by atoms with Crippen molar-refractivity contribution < 1.29 is 17.9 Å². The summed E-state index contributed by atoms with van der Waals surface area (Å²) in [5, 5.41) is 0.408. The highest BCUT2D eigenvalue weighted by atomic mass is 35.5. The molecule has 1 amide bonds. The van der Waals surface area contributed by atoms with Gasteiger partial charge in [0.1, 0.15) is 5.75 Å². The topological polar surface area (TPSA) is 72.5 Å². The van der Waals surface area contributed by atoms with Gasteiger partial charge in [0.25, 0.3) is 15.9 Å². The monoisotopic (exact) mass is 491 g/mol. The first-order chi connectivity index (χ1) is 15.2. The van der Waals surface area contributed by atoms with Crippen molar-refractivity contribution in [2.45, 2.75) is 31.1 Å². The van der Waals surface area contributed by atoms with Gasteiger partial charge in [-0.2, -0.15) is 0 Å². The molecule has 3 aromatic carbocycles. The normalized spacial score (nSPS) is 11.4. The zero-order valence-corrected chi connectivity index (χ0v) is 20.0. The Morgan fingerprint density at radius 1 is 0.969 bits per heavy atom. The molecule has 0 aliphatic carbocycles. The molecule has 0 spiro atoms. The van der Waals surface area contributed by atoms with E-state index in [1.807, 2.05) is 4.72 Å². The fourth-order valence-corrected chi connectivity index (χ4v) is 4.44. The van der Waals surface area contributed by atoms with Gasteiger partial charge in [-0.3, -0.25) is 4.79 Å². The van der Waals surface area contributed by atoms with E-state index in [-0.39, 0.29) is 15.5 Å². The lowest BCUT2D eigenvalue weighted by molar-refractivity contribution is 0.0981. The zero-order chi connectivity index (χ0) is 23.3. The SMILES string of the molecule is CC(C)c1ccc(CCOc2ccc(S(=O)(=O)NC(=O)c3ccc(Cl)cc3Cl)cc2)cc1. The van der Waals surface area contributed by atoms with Crippen molar-refractivity contribution in [3.05, 3.63) is 93.5 Å². The summed E-state index contributed by atoms with van der Waals surface area (Å²) >= 11 is 11.8. The van der Waals surface area contributed by atoms with E-state index in [2.05, 4.69) is 38.1 Å². The van der Waals surface area contributed by atoms with Gasteiger partial charge in [-0.25, -0.2) is 13.1 Å². The minimum atomic E-state index is -4.07. The first-order valence-electron chi connectivity index (χ1n) is 9.99. The number of sulfonamides is 1. The van der Waals surface area contributed by atoms with Crippen LogP contribution in [0.2, 0.25) is 10.0 Å². The van der Waals surface area contributed by atoms with Crippen LogP contribution < -0.4 is 9.46 Å². The van der Waals surface area contributed by atoms with Gasteiger partial charge >= 0.3 is 0 Å². The maximum atomic E-state index is 12.5. The Hall–Kier alpha value is -2.54. The van der Waals surface area contributed by atoms with Crippen LogP contribution in [0.25, 0.3) is 0 Å². The first kappa shape index (κ1) is 24.1. The molecule has 3 rings (SSSR count). The average molecular weight is 492 g/mol. The molecule has 5 nitrogen and oxygen atoms in total. The van der Waals surface area contributed by atoms with Gasteiger partial charge in [0.05, 0.1) is 22.1 Å². The van der Waals surface area contributed by atoms with Crippen molar-refractivity contribution in [3.63, 3.8) is 0 Å². The number of nitrogens with one attached hydrogen (secondary N) is 1. The highest BCUT2D eigenvalue weighted by molar-refractivity contribution is 7.90. The van der Waals surface area contributed by atoms with E-state index in [4.69, 9.17) is 27.9 Å². The Morgan fingerprint density at radius 2 is 1.62 bits per heavy atom. The lowest BCUT2D eigenvalue weighted by Gasteiger charge is -2.10. The largest absolute Gasteiger partial charge is 0.493 e. The van der Waals surface area contributed by atoms with E-state index in [9.17, 15) is 13.2 Å². The predicted octanol–water partition coefficient (Wildman–Crippen LogP) is 5.86. The molecule has 0 radical (unpaired) electrons. The Morgan fingerprint density at radius 3 is 2.22 bits per heavy atom. The van der Waals surface area contributed by atoms with Gasteiger partial charge in [0, 0.05) is 11.4 Å². The first-order valence-corrected chi connectivity index (χ1v) is 12.2. The molecule has 0 saturated carbocycles. The molecule has 0 atom stereocenters. The number of benzene rings is 3. The molecule has 0 heterocycles. The van der Waals surface area contributed by atoms with E-state index in [0.717, 1.165) is 12.0 Å². The van der Waals surface area contributed by atoms with Crippen LogP contribution in [-0.2, 0) is 16.4 Å². The number of ether oxygens (including phenoxy) is 1. The van der Waals surface area contributed by atoms with Crippen LogP contribution in [0.4, 0.5) is 0 Å². The fourth-order valence-electron chi connectivity index (χ4n) is 2.98. The molecule has 0 saturated heterocycles. The molecule has 0 aromatic heterocycles. The van der Waals surface area contributed by atoms with Gasteiger partial charge in [-0.05, 0) is 59.5 Å². The third-order valence-corrected chi connectivity index (χ3v) is 6.74. The number of amides is 1. The van der Waals surface area contributed by atoms with Crippen molar-refractivity contribution in [1.82, 2.24) is 4.72 Å². The molecule has 32 heavy (non-hydrogen) atoms. The average Bonchev–Trinajstić information content (AvgIpc) is 2.74. The fraction of sp³-hybridized carbons (Fsp3) is 0.208. The smallest absolute Gasteiger partial charge is 0.266 e. The second-order valence-electron chi connectivity index (χ2n) is 7.52. The Kier molecular flexibility index (Phi) is 7.82. The van der Waals surface area contributed by atoms with Crippen molar-refractivity contribution >= 4 is 39.1 Å². The van der Waals surface area contributed by atoms with Crippen LogP contribution in [0.1, 0.15) is 41.3 Å². The summed E-state index contributed by atoms with van der Waals surface area (Å²) in [7, 11) is -4.07. The molecule has 3 aromatic rings. The summed E-state index contributed by atoms with van der Waals surface area (Å²) in [4.78, 5) is 12.3. The van der Waals surface area contributed by atoms with E-state index in [1.54, 1.807) is 12.1 Å². The van der Waals surface area contributed by atoms with Crippen molar-refractivity contribution in [2.75, 3.05) is 6.61 Å². The number of halogens is 2. The maximum Gasteiger partial charge on any atom is 0.266 e. The second kappa shape index (κ2) is 10.4. The number of carbonyl (C=O) groups excluding carboxylic acids is 1. The molecule has 0 unspecified atom stereocenters. The molecular formula is C24H23Cl2NO4S. The Labute approximate surface area is 198 Å². The highest BCUT2D eigenvalue weighted by Gasteiger charge is 2.20. The lowest BCUT2D eigenvalue weighted by Crippen LogP contribution is -2.30. The Bertz CT molecular complexity index is 1190. The molecular weight excluding hydrogens is 469 g/mol. The molecule has 0 aliphatic rings. The maximum absolute atomic E-state index is 12.5. The van der Waals surface area contributed by atoms with Gasteiger partial charge in [-0.1, -0.05) is 61.3 Å². The number of rotatable bonds is 8. The van der Waals surface area contributed by atoms with E-state index < -0.39 is 15.9 Å². The Balaban J connectivity index is 1.58. The van der Waals surface area contributed by atoms with Crippen LogP contribution in [0, 0.1) is 0 Å². The summed E-state index contributed by atoms with van der Waals surface area (Å²) in [6.45, 7) is 4.76. The van der Waals surface area contributed by atoms with Crippen LogP contribution in [0.15, 0.2) is 71.6 Å². The number of carbonyl (C=O) groups is 1. The quantitative estimate of drug-likeness (QED) is 0.428. The molecule has 168 valence electrons. The van der Waals surface area contributed by atoms with Crippen LogP contribution in [0.3, 0.4) is 0 Å². The predicted molar refractivity (Wildman–Crippen MR) is 127 cm³/mol. The zero-order valence-electron chi connectivity index (χ0n) is 17.6. The third-order valence-electron chi connectivity index (χ3n) is 4.84.